The van der Waals surface area contributed by atoms with Gasteiger partial charge in [0, 0.05) is 101 Å². The van der Waals surface area contributed by atoms with Crippen molar-refractivity contribution in [3.63, 3.8) is 0 Å². The van der Waals surface area contributed by atoms with Gasteiger partial charge in [-0.3, -0.25) is 19.8 Å². The second-order valence-electron chi connectivity index (χ2n) is 26.1. The van der Waals surface area contributed by atoms with Crippen LogP contribution in [0.4, 0.5) is 62.3 Å². The van der Waals surface area contributed by atoms with E-state index >= 15 is 0 Å². The number of nitrogen functional groups attached to an aromatic ring is 2. The molecule has 9 heterocycles. The van der Waals surface area contributed by atoms with Crippen LogP contribution in [-0.4, -0.2) is 113 Å². The summed E-state index contributed by atoms with van der Waals surface area (Å²) in [6.07, 6.45) is 6.80. The van der Waals surface area contributed by atoms with Crippen LogP contribution in [0.15, 0.2) is 145 Å². The largest absolute Gasteiger partial charge is 0.495 e. The molecule has 15 nitrogen and oxygen atoms in total. The molecule has 3 saturated heterocycles. The fourth-order valence-corrected chi connectivity index (χ4v) is 16.2. The molecule has 5 N–H and O–H groups in total. The average molecular weight is 1540 g/mol. The van der Waals surface area contributed by atoms with E-state index in [0.29, 0.717) is 53.1 Å². The minimum absolute atomic E-state index is 0.0949. The highest BCUT2D eigenvalue weighted by atomic mass is 79.9. The van der Waals surface area contributed by atoms with Gasteiger partial charge in [0.05, 0.1) is 59.0 Å². The van der Waals surface area contributed by atoms with Crippen LogP contribution in [0.1, 0.15) is 79.5 Å². The van der Waals surface area contributed by atoms with Gasteiger partial charge in [0.25, 0.3) is 0 Å². The lowest BCUT2D eigenvalue weighted by molar-refractivity contribution is 0.00578. The SMILES string of the molecule is Cc1ccc(N)cc1-c1ncc(F)cc1F.Cc1ccc(N)cc1B1OC(C)(C)C(C)(C)O1.Cc1ccc(Nc2cccc3c2CCN(C2CCS(=O)(=O)C2)C3)cc1-c1ncc(F)cc1F.Fc1cnc(Cl)c(F)c1.Fc1cnc(F)c(F)c1.O=S1(=O)CCC(N2CCc3c(Br)cccc3C2)C1. The van der Waals surface area contributed by atoms with Gasteiger partial charge in [0.1, 0.15) is 34.7 Å². The Morgan fingerprint density at radius 1 is 0.549 bits per heavy atom. The van der Waals surface area contributed by atoms with Crippen molar-refractivity contribution >= 4 is 82.5 Å². The van der Waals surface area contributed by atoms with Crippen molar-refractivity contribution in [1.29, 1.82) is 0 Å². The van der Waals surface area contributed by atoms with Gasteiger partial charge in [-0.15, -0.1) is 0 Å². The first-order chi connectivity index (χ1) is 48.0. The van der Waals surface area contributed by atoms with E-state index in [2.05, 4.69) is 103 Å². The van der Waals surface area contributed by atoms with Gasteiger partial charge in [-0.05, 0) is 162 Å². The van der Waals surface area contributed by atoms with E-state index in [1.807, 2.05) is 69.3 Å². The van der Waals surface area contributed by atoms with Crippen molar-refractivity contribution in [3.05, 3.63) is 241 Å². The molecule has 5 aliphatic rings. The van der Waals surface area contributed by atoms with E-state index in [1.54, 1.807) is 18.2 Å². The highest BCUT2D eigenvalue weighted by Gasteiger charge is 2.52. The van der Waals surface area contributed by atoms with Crippen LogP contribution >= 0.6 is 27.5 Å². The number of anilines is 4. The van der Waals surface area contributed by atoms with E-state index in [9.17, 15) is 56.3 Å². The molecule has 5 aliphatic heterocycles. The zero-order valence-electron chi connectivity index (χ0n) is 56.8. The van der Waals surface area contributed by atoms with E-state index in [0.717, 1.165) is 115 Å². The number of benzene rings is 5. The Balaban J connectivity index is 0.000000152. The number of hydrogen-bond donors (Lipinski definition) is 3. The van der Waals surface area contributed by atoms with Crippen LogP contribution in [-0.2, 0) is 54.9 Å². The number of sulfone groups is 2. The molecule has 3 fully saturated rings. The van der Waals surface area contributed by atoms with Gasteiger partial charge in [0.2, 0.25) is 5.95 Å². The number of nitrogens with two attached hydrogens (primary N) is 2. The number of halogens is 11. The van der Waals surface area contributed by atoms with Crippen LogP contribution in [0, 0.1) is 73.3 Å². The van der Waals surface area contributed by atoms with E-state index in [4.69, 9.17) is 32.4 Å². The number of nitrogens with zero attached hydrogens (tertiary/aromatic N) is 6. The Kier molecular flexibility index (Phi) is 25.5. The second-order valence-corrected chi connectivity index (χ2v) is 31.8. The van der Waals surface area contributed by atoms with Gasteiger partial charge in [0.15, 0.2) is 48.1 Å². The van der Waals surface area contributed by atoms with E-state index in [-0.39, 0.29) is 58.5 Å². The topological polar surface area (TPSA) is 209 Å². The van der Waals surface area contributed by atoms with Gasteiger partial charge in [-0.1, -0.05) is 75.6 Å². The Labute approximate surface area is 601 Å². The summed E-state index contributed by atoms with van der Waals surface area (Å²) in [6, 6.07) is 32.0. The van der Waals surface area contributed by atoms with Crippen molar-refractivity contribution in [2.24, 2.45) is 0 Å². The standard InChI is InChI=1S/C25H25F2N3O2S.C13H20BNO2.C13H16BrNO2S.C12H10F2N2.C5H2ClF2N.C5H2F3N/c1-16-5-6-19(12-22(16)25-23(27)11-18(26)13-28-25)29-24-4-2-3-17-14-30(9-7-21(17)24)20-8-10-33(31,32)15-20;1-9-6-7-10(15)8-11(9)14-16-12(2,3)13(4,5)17-14;14-13-3-1-2-10-8-15(6-4-12(10)13)11-5-7-18(16,17)9-11;1-7-2-3-9(15)5-10(7)12-11(14)4-8(13)6-16-12;6-5-4(8)1-3(7)2-9-5;6-3-1-4(7)5(8)9-2-3/h2-6,11-13,20,29H,7-10,14-15H2,1H3;6-8H,15H2,1-5H3;1-3,11H,4-9H2;2-6H,15H2,1H3;2*1-2H. The van der Waals surface area contributed by atoms with Gasteiger partial charge < -0.3 is 26.1 Å². The first-order valence-corrected chi connectivity index (χ1v) is 37.1. The van der Waals surface area contributed by atoms with Crippen LogP contribution in [0.5, 0.6) is 0 Å². The molecular weight excluding hydrogens is 1460 g/mol. The lowest BCUT2D eigenvalue weighted by atomic mass is 9.76. The maximum Gasteiger partial charge on any atom is 0.495 e. The minimum atomic E-state index is -2.91. The lowest BCUT2D eigenvalue weighted by Gasteiger charge is -2.34. The molecule has 0 saturated carbocycles. The number of fused-ring (bicyclic) bond motifs is 2. The maximum atomic E-state index is 14.3. The normalized spacial score (nSPS) is 18.2. The summed E-state index contributed by atoms with van der Waals surface area (Å²) in [5.41, 5.74) is 24.2. The van der Waals surface area contributed by atoms with Crippen LogP contribution in [0.3, 0.4) is 0 Å². The fourth-order valence-electron chi connectivity index (χ4n) is 12.0. The first-order valence-electron chi connectivity index (χ1n) is 32.3. The van der Waals surface area contributed by atoms with Crippen molar-refractivity contribution in [1.82, 2.24) is 29.7 Å². The Morgan fingerprint density at radius 2 is 1.00 bits per heavy atom. The van der Waals surface area contributed by atoms with Crippen LogP contribution in [0.2, 0.25) is 5.15 Å². The third kappa shape index (κ3) is 20.3. The molecule has 0 bridgehead atoms. The summed E-state index contributed by atoms with van der Waals surface area (Å²) >= 11 is 8.72. The number of nitrogens with one attached hydrogen (secondary N) is 1. The monoisotopic (exact) mass is 1530 g/mol. The smallest absolute Gasteiger partial charge is 0.399 e. The number of aryl methyl sites for hydroxylation is 3. The number of hydrogen-bond acceptors (Lipinski definition) is 15. The third-order valence-electron chi connectivity index (χ3n) is 18.2. The Morgan fingerprint density at radius 3 is 1.49 bits per heavy atom. The molecule has 102 heavy (non-hydrogen) atoms. The molecule has 4 aromatic heterocycles. The summed E-state index contributed by atoms with van der Waals surface area (Å²) in [5.74, 6) is -6.53. The predicted molar refractivity (Wildman–Crippen MR) is 384 cm³/mol. The lowest BCUT2D eigenvalue weighted by Crippen LogP contribution is -2.41. The number of rotatable bonds is 7. The number of pyridine rings is 4. The van der Waals surface area contributed by atoms with Crippen LogP contribution < -0.4 is 22.2 Å². The van der Waals surface area contributed by atoms with E-state index in [1.165, 1.54) is 26.7 Å². The van der Waals surface area contributed by atoms with Gasteiger partial charge in [-0.25, -0.2) is 61.9 Å². The molecular formula is C73H75BBrClF9N9O6S2. The van der Waals surface area contributed by atoms with Crippen molar-refractivity contribution in [3.8, 4) is 22.5 Å². The van der Waals surface area contributed by atoms with Gasteiger partial charge >= 0.3 is 7.12 Å². The summed E-state index contributed by atoms with van der Waals surface area (Å²) < 4.78 is 174. The molecule has 29 heteroatoms. The van der Waals surface area contributed by atoms with Crippen molar-refractivity contribution < 1.29 is 65.7 Å². The first kappa shape index (κ1) is 78.2. The fraction of sp³-hybridized carbons (Fsp3) is 0.315. The zero-order valence-corrected chi connectivity index (χ0v) is 60.7. The maximum absolute atomic E-state index is 14.3. The molecule has 14 rings (SSSR count). The summed E-state index contributed by atoms with van der Waals surface area (Å²) in [6.45, 7) is 17.3. The highest BCUT2D eigenvalue weighted by Crippen LogP contribution is 2.38. The molecule has 0 amide bonds. The molecule has 9 aromatic rings. The predicted octanol–water partition coefficient (Wildman–Crippen LogP) is 14.9. The molecule has 0 radical (unpaired) electrons. The Bertz CT molecular complexity index is 4700. The molecule has 0 spiro atoms. The summed E-state index contributed by atoms with van der Waals surface area (Å²) in [5, 5.41) is 3.15. The van der Waals surface area contributed by atoms with Crippen molar-refractivity contribution in [2.75, 3.05) is 52.9 Å². The molecule has 540 valence electrons. The second kappa shape index (κ2) is 33.2. The van der Waals surface area contributed by atoms with E-state index < -0.39 is 72.2 Å². The minimum Gasteiger partial charge on any atom is -0.399 e. The molecule has 5 aromatic carbocycles. The highest BCUT2D eigenvalue weighted by molar-refractivity contribution is 9.10. The molecule has 2 unspecified atom stereocenters. The quantitative estimate of drug-likeness (QED) is 0.0587. The third-order valence-corrected chi connectivity index (χ3v) is 22.7. The van der Waals surface area contributed by atoms with Crippen LogP contribution in [0.25, 0.3) is 22.5 Å². The Hall–Kier alpha value is -7.96. The summed E-state index contributed by atoms with van der Waals surface area (Å²) in [7, 11) is -6.03. The van der Waals surface area contributed by atoms with Crippen molar-refractivity contribution in [2.45, 2.75) is 111 Å². The zero-order chi connectivity index (χ0) is 74.2. The number of aromatic nitrogens is 4. The molecule has 0 aliphatic carbocycles. The summed E-state index contributed by atoms with van der Waals surface area (Å²) in [4.78, 5) is 18.3. The molecule has 2 atom stereocenters. The average Bonchev–Trinajstić information content (AvgIpc) is 1.46. The van der Waals surface area contributed by atoms with Gasteiger partial charge in [-0.2, -0.15) is 4.39 Å².